The third-order valence-corrected chi connectivity index (χ3v) is 9.62. The second-order valence-electron chi connectivity index (χ2n) is 11.0. The lowest BCUT2D eigenvalue weighted by Gasteiger charge is -2.34. The van der Waals surface area contributed by atoms with E-state index in [0.29, 0.717) is 6.42 Å². The molecule has 0 aromatic heterocycles. The Morgan fingerprint density at radius 3 is 2.11 bits per heavy atom. The predicted molar refractivity (Wildman–Crippen MR) is 176 cm³/mol. The molecular formula is C35H37ClFN3O4S. The van der Waals surface area contributed by atoms with Crippen molar-refractivity contribution in [3.8, 4) is 0 Å². The molecule has 7 nitrogen and oxygen atoms in total. The highest BCUT2D eigenvalue weighted by Gasteiger charge is 2.35. The summed E-state index contributed by atoms with van der Waals surface area (Å²) >= 11 is 6.07. The molecule has 0 aliphatic carbocycles. The van der Waals surface area contributed by atoms with E-state index in [-0.39, 0.29) is 40.5 Å². The second kappa shape index (κ2) is 15.2. The van der Waals surface area contributed by atoms with Gasteiger partial charge in [-0.15, -0.1) is 0 Å². The molecule has 236 valence electrons. The summed E-state index contributed by atoms with van der Waals surface area (Å²) in [7, 11) is -4.31. The van der Waals surface area contributed by atoms with Gasteiger partial charge in [-0.3, -0.25) is 13.9 Å². The molecule has 0 heterocycles. The lowest BCUT2D eigenvalue weighted by atomic mass is 10.0. The van der Waals surface area contributed by atoms with Gasteiger partial charge in [0.05, 0.1) is 15.6 Å². The SMILES string of the molecule is CC[C@H](C)NC(=O)[C@H](Cc1ccccc1)N(Cc1ccc(C)cc1)C(=O)CN(c1ccc(F)c(Cl)c1)S(=O)(=O)c1ccccc1. The Balaban J connectivity index is 1.81. The van der Waals surface area contributed by atoms with Crippen molar-refractivity contribution in [2.45, 2.75) is 57.1 Å². The van der Waals surface area contributed by atoms with Gasteiger partial charge in [-0.05, 0) is 61.7 Å². The zero-order chi connectivity index (χ0) is 32.6. The van der Waals surface area contributed by atoms with Gasteiger partial charge in [0.1, 0.15) is 18.4 Å². The molecule has 0 radical (unpaired) electrons. The lowest BCUT2D eigenvalue weighted by molar-refractivity contribution is -0.140. The Morgan fingerprint density at radius 2 is 1.51 bits per heavy atom. The number of carbonyl (C=O) groups is 2. The maximum atomic E-state index is 14.5. The van der Waals surface area contributed by atoms with Crippen molar-refractivity contribution in [2.24, 2.45) is 0 Å². The number of halogens is 2. The van der Waals surface area contributed by atoms with Crippen LogP contribution in [0.2, 0.25) is 5.02 Å². The van der Waals surface area contributed by atoms with E-state index in [1.807, 2.05) is 75.4 Å². The number of nitrogens with zero attached hydrogens (tertiary/aromatic N) is 2. The molecule has 0 saturated carbocycles. The first-order valence-electron chi connectivity index (χ1n) is 14.7. The molecule has 1 N–H and O–H groups in total. The minimum absolute atomic E-state index is 0.0116. The van der Waals surface area contributed by atoms with Gasteiger partial charge in [0, 0.05) is 19.0 Å². The highest BCUT2D eigenvalue weighted by molar-refractivity contribution is 7.92. The highest BCUT2D eigenvalue weighted by atomic mass is 35.5. The Bertz CT molecular complexity index is 1700. The van der Waals surface area contributed by atoms with Crippen molar-refractivity contribution in [1.82, 2.24) is 10.2 Å². The molecule has 4 aromatic rings. The highest BCUT2D eigenvalue weighted by Crippen LogP contribution is 2.28. The third kappa shape index (κ3) is 8.71. The summed E-state index contributed by atoms with van der Waals surface area (Å²) in [5.74, 6) is -1.69. The number of hydrogen-bond donors (Lipinski definition) is 1. The number of nitrogens with one attached hydrogen (secondary N) is 1. The first kappa shape index (κ1) is 33.7. The Hall–Kier alpha value is -4.21. The molecule has 4 aromatic carbocycles. The largest absolute Gasteiger partial charge is 0.352 e. The first-order chi connectivity index (χ1) is 21.5. The van der Waals surface area contributed by atoms with Gasteiger partial charge >= 0.3 is 0 Å². The number of benzene rings is 4. The fraction of sp³-hybridized carbons (Fsp3) is 0.257. The number of rotatable bonds is 13. The quantitative estimate of drug-likeness (QED) is 0.178. The van der Waals surface area contributed by atoms with Crippen LogP contribution < -0.4 is 9.62 Å². The minimum Gasteiger partial charge on any atom is -0.352 e. The van der Waals surface area contributed by atoms with E-state index in [1.165, 1.54) is 29.2 Å². The van der Waals surface area contributed by atoms with E-state index < -0.39 is 34.3 Å². The number of aryl methyl sites for hydroxylation is 1. The summed E-state index contributed by atoms with van der Waals surface area (Å²) < 4.78 is 43.1. The van der Waals surface area contributed by atoms with E-state index in [0.717, 1.165) is 27.1 Å². The van der Waals surface area contributed by atoms with Gasteiger partial charge in [-0.1, -0.05) is 96.9 Å². The monoisotopic (exact) mass is 649 g/mol. The summed E-state index contributed by atoms with van der Waals surface area (Å²) in [6, 6.07) is 26.9. The molecular weight excluding hydrogens is 613 g/mol. The van der Waals surface area contributed by atoms with Gasteiger partial charge in [-0.25, -0.2) is 12.8 Å². The molecule has 0 aliphatic heterocycles. The normalized spacial score (nSPS) is 12.6. The van der Waals surface area contributed by atoms with Crippen molar-refractivity contribution in [3.63, 3.8) is 0 Å². The molecule has 45 heavy (non-hydrogen) atoms. The van der Waals surface area contributed by atoms with E-state index in [1.54, 1.807) is 18.2 Å². The Labute approximate surface area is 269 Å². The summed E-state index contributed by atoms with van der Waals surface area (Å²) in [4.78, 5) is 29.7. The standard InChI is InChI=1S/C35H37ClFN3O4S/c1-4-26(3)38-35(42)33(21-27-11-7-5-8-12-27)39(23-28-17-15-25(2)16-18-28)34(41)24-40(29-19-20-32(37)31(36)22-29)45(43,44)30-13-9-6-10-14-30/h5-20,22,26,33H,4,21,23-24H2,1-3H3,(H,38,42)/t26-,33-/m0/s1. The molecule has 0 aliphatic rings. The van der Waals surface area contributed by atoms with E-state index in [2.05, 4.69) is 5.32 Å². The van der Waals surface area contributed by atoms with Crippen LogP contribution in [-0.4, -0.2) is 43.8 Å². The zero-order valence-corrected chi connectivity index (χ0v) is 27.1. The Morgan fingerprint density at radius 1 is 0.889 bits per heavy atom. The molecule has 4 rings (SSSR count). The summed E-state index contributed by atoms with van der Waals surface area (Å²) in [6.07, 6.45) is 0.888. The molecule has 10 heteroatoms. The number of amides is 2. The summed E-state index contributed by atoms with van der Waals surface area (Å²) in [5.41, 5.74) is 2.64. The van der Waals surface area contributed by atoms with Crippen molar-refractivity contribution >= 4 is 39.1 Å². The van der Waals surface area contributed by atoms with Crippen LogP contribution in [0.15, 0.2) is 108 Å². The number of sulfonamides is 1. The minimum atomic E-state index is -4.31. The van der Waals surface area contributed by atoms with Crippen molar-refractivity contribution in [3.05, 3.63) is 131 Å². The van der Waals surface area contributed by atoms with Crippen molar-refractivity contribution < 1.29 is 22.4 Å². The lowest BCUT2D eigenvalue weighted by Crippen LogP contribution is -2.54. The maximum absolute atomic E-state index is 14.5. The molecule has 2 atom stereocenters. The van der Waals surface area contributed by atoms with Crippen LogP contribution in [0.1, 0.15) is 37.0 Å². The number of carbonyl (C=O) groups excluding carboxylic acids is 2. The van der Waals surface area contributed by atoms with Crippen LogP contribution in [0.3, 0.4) is 0 Å². The molecule has 0 bridgehead atoms. The molecule has 2 amide bonds. The van der Waals surface area contributed by atoms with Crippen LogP contribution in [0, 0.1) is 12.7 Å². The zero-order valence-electron chi connectivity index (χ0n) is 25.5. The average Bonchev–Trinajstić information content (AvgIpc) is 3.04. The van der Waals surface area contributed by atoms with Crippen LogP contribution >= 0.6 is 11.6 Å². The molecule has 0 unspecified atom stereocenters. The number of hydrogen-bond acceptors (Lipinski definition) is 4. The smallest absolute Gasteiger partial charge is 0.264 e. The van der Waals surface area contributed by atoms with Gasteiger partial charge in [0.15, 0.2) is 0 Å². The second-order valence-corrected chi connectivity index (χ2v) is 13.2. The average molecular weight is 650 g/mol. The number of anilines is 1. The fourth-order valence-corrected chi connectivity index (χ4v) is 6.38. The molecule has 0 fully saturated rings. The van der Waals surface area contributed by atoms with Crippen LogP contribution in [0.25, 0.3) is 0 Å². The van der Waals surface area contributed by atoms with Crippen molar-refractivity contribution in [2.75, 3.05) is 10.8 Å². The van der Waals surface area contributed by atoms with E-state index >= 15 is 0 Å². The van der Waals surface area contributed by atoms with Gasteiger partial charge < -0.3 is 10.2 Å². The summed E-state index contributed by atoms with van der Waals surface area (Å²) in [5, 5.41) is 2.72. The maximum Gasteiger partial charge on any atom is 0.264 e. The molecule has 0 saturated heterocycles. The van der Waals surface area contributed by atoms with E-state index in [9.17, 15) is 22.4 Å². The van der Waals surface area contributed by atoms with Gasteiger partial charge in [0.2, 0.25) is 11.8 Å². The summed E-state index contributed by atoms with van der Waals surface area (Å²) in [6.45, 7) is 5.17. The third-order valence-electron chi connectivity index (χ3n) is 7.55. The first-order valence-corrected chi connectivity index (χ1v) is 16.5. The molecule has 0 spiro atoms. The van der Waals surface area contributed by atoms with E-state index in [4.69, 9.17) is 11.6 Å². The Kier molecular flexibility index (Phi) is 11.4. The fourth-order valence-electron chi connectivity index (χ4n) is 4.77. The van der Waals surface area contributed by atoms with Crippen molar-refractivity contribution in [1.29, 1.82) is 0 Å². The van der Waals surface area contributed by atoms with Crippen LogP contribution in [-0.2, 0) is 32.6 Å². The van der Waals surface area contributed by atoms with Gasteiger partial charge in [-0.2, -0.15) is 0 Å². The van der Waals surface area contributed by atoms with Crippen LogP contribution in [0.5, 0.6) is 0 Å². The van der Waals surface area contributed by atoms with Gasteiger partial charge in [0.25, 0.3) is 10.0 Å². The predicted octanol–water partition coefficient (Wildman–Crippen LogP) is 6.54. The topological polar surface area (TPSA) is 86.8 Å². The van der Waals surface area contributed by atoms with Crippen LogP contribution in [0.4, 0.5) is 10.1 Å².